The number of carbonyl (C=O) groups excluding carboxylic acids is 1. The molecular weight excluding hydrogens is 282 g/mol. The zero-order valence-electron chi connectivity index (χ0n) is 11.3. The molecule has 4 heteroatoms. The molecule has 1 atom stereocenters. The van der Waals surface area contributed by atoms with E-state index in [2.05, 4.69) is 5.32 Å². The Bertz CT molecular complexity index is 719. The van der Waals surface area contributed by atoms with Gasteiger partial charge in [-0.1, -0.05) is 48.5 Å². The summed E-state index contributed by atoms with van der Waals surface area (Å²) in [5.41, 5.74) is 0.800. The van der Waals surface area contributed by atoms with Crippen LogP contribution in [0.15, 0.2) is 60.7 Å². The van der Waals surface area contributed by atoms with Crippen LogP contribution in [0.1, 0.15) is 21.3 Å². The SMILES string of the molecule is O=C(NCC(O)c1ccccc1)c1cc2ccccc2s1. The van der Waals surface area contributed by atoms with Gasteiger partial charge in [0.2, 0.25) is 0 Å². The highest BCUT2D eigenvalue weighted by Crippen LogP contribution is 2.25. The minimum absolute atomic E-state index is 0.147. The van der Waals surface area contributed by atoms with Gasteiger partial charge in [-0.15, -0.1) is 11.3 Å². The summed E-state index contributed by atoms with van der Waals surface area (Å²) in [5.74, 6) is -0.147. The molecule has 2 N–H and O–H groups in total. The van der Waals surface area contributed by atoms with Gasteiger partial charge in [0.25, 0.3) is 5.91 Å². The van der Waals surface area contributed by atoms with Crippen molar-refractivity contribution in [3.63, 3.8) is 0 Å². The van der Waals surface area contributed by atoms with Crippen LogP contribution in [0.3, 0.4) is 0 Å². The average Bonchev–Trinajstić information content (AvgIpc) is 2.97. The molecule has 0 aliphatic rings. The van der Waals surface area contributed by atoms with Crippen molar-refractivity contribution in [2.24, 2.45) is 0 Å². The first kappa shape index (κ1) is 13.8. The fourth-order valence-corrected chi connectivity index (χ4v) is 3.14. The third kappa shape index (κ3) is 3.12. The molecule has 0 spiro atoms. The lowest BCUT2D eigenvalue weighted by atomic mass is 10.1. The van der Waals surface area contributed by atoms with Crippen molar-refractivity contribution >= 4 is 27.3 Å². The van der Waals surface area contributed by atoms with Gasteiger partial charge >= 0.3 is 0 Å². The van der Waals surface area contributed by atoms with Crippen LogP contribution in [0.2, 0.25) is 0 Å². The van der Waals surface area contributed by atoms with Crippen molar-refractivity contribution in [3.05, 3.63) is 71.1 Å². The molecule has 0 saturated heterocycles. The van der Waals surface area contributed by atoms with E-state index < -0.39 is 6.10 Å². The zero-order chi connectivity index (χ0) is 14.7. The smallest absolute Gasteiger partial charge is 0.261 e. The van der Waals surface area contributed by atoms with Gasteiger partial charge in [0, 0.05) is 11.2 Å². The summed E-state index contributed by atoms with van der Waals surface area (Å²) in [5, 5.41) is 13.9. The largest absolute Gasteiger partial charge is 0.387 e. The van der Waals surface area contributed by atoms with E-state index in [0.29, 0.717) is 4.88 Å². The van der Waals surface area contributed by atoms with Crippen LogP contribution in [-0.4, -0.2) is 17.6 Å². The molecule has 0 bridgehead atoms. The minimum atomic E-state index is -0.690. The van der Waals surface area contributed by atoms with Crippen molar-refractivity contribution in [1.29, 1.82) is 0 Å². The second kappa shape index (κ2) is 6.08. The number of thiophene rings is 1. The number of carbonyl (C=O) groups is 1. The monoisotopic (exact) mass is 297 g/mol. The summed E-state index contributed by atoms with van der Waals surface area (Å²) in [7, 11) is 0. The van der Waals surface area contributed by atoms with Gasteiger partial charge in [0.1, 0.15) is 0 Å². The highest BCUT2D eigenvalue weighted by molar-refractivity contribution is 7.20. The lowest BCUT2D eigenvalue weighted by Crippen LogP contribution is -2.27. The van der Waals surface area contributed by atoms with Gasteiger partial charge < -0.3 is 10.4 Å². The number of hydrogen-bond acceptors (Lipinski definition) is 3. The first-order chi connectivity index (χ1) is 10.2. The normalized spacial score (nSPS) is 12.2. The number of amides is 1. The maximum atomic E-state index is 12.1. The predicted octanol–water partition coefficient (Wildman–Crippen LogP) is 3.36. The Kier molecular flexibility index (Phi) is 3.99. The van der Waals surface area contributed by atoms with Gasteiger partial charge in [0.05, 0.1) is 11.0 Å². The average molecular weight is 297 g/mol. The molecule has 21 heavy (non-hydrogen) atoms. The molecule has 0 aliphatic carbocycles. The van der Waals surface area contributed by atoms with E-state index in [4.69, 9.17) is 0 Å². The molecule has 0 aliphatic heterocycles. The van der Waals surface area contributed by atoms with Crippen molar-refractivity contribution in [3.8, 4) is 0 Å². The third-order valence-electron chi connectivity index (χ3n) is 3.29. The lowest BCUT2D eigenvalue weighted by molar-refractivity contribution is 0.0920. The molecule has 1 amide bonds. The Morgan fingerprint density at radius 3 is 2.57 bits per heavy atom. The van der Waals surface area contributed by atoms with Crippen LogP contribution in [0, 0.1) is 0 Å². The van der Waals surface area contributed by atoms with Gasteiger partial charge in [0.15, 0.2) is 0 Å². The summed E-state index contributed by atoms with van der Waals surface area (Å²) < 4.78 is 1.09. The fourth-order valence-electron chi connectivity index (χ4n) is 2.16. The number of rotatable bonds is 4. The third-order valence-corrected chi connectivity index (χ3v) is 4.40. The predicted molar refractivity (Wildman–Crippen MR) is 85.6 cm³/mol. The second-order valence-electron chi connectivity index (χ2n) is 4.78. The number of hydrogen-bond donors (Lipinski definition) is 2. The van der Waals surface area contributed by atoms with Gasteiger partial charge in [-0.2, -0.15) is 0 Å². The van der Waals surface area contributed by atoms with E-state index in [1.54, 1.807) is 0 Å². The molecule has 1 unspecified atom stereocenters. The molecule has 0 fully saturated rings. The van der Waals surface area contributed by atoms with E-state index in [0.717, 1.165) is 15.6 Å². The molecule has 2 aromatic carbocycles. The quantitative estimate of drug-likeness (QED) is 0.775. The summed E-state index contributed by atoms with van der Waals surface area (Å²) in [6.45, 7) is 0.205. The van der Waals surface area contributed by atoms with Gasteiger partial charge in [-0.25, -0.2) is 0 Å². The van der Waals surface area contributed by atoms with Crippen LogP contribution in [-0.2, 0) is 0 Å². The Balaban J connectivity index is 1.66. The summed E-state index contributed by atoms with van der Waals surface area (Å²) in [6.07, 6.45) is -0.690. The number of benzene rings is 2. The zero-order valence-corrected chi connectivity index (χ0v) is 12.1. The van der Waals surface area contributed by atoms with Crippen molar-refractivity contribution < 1.29 is 9.90 Å². The van der Waals surface area contributed by atoms with Crippen LogP contribution < -0.4 is 5.32 Å². The van der Waals surface area contributed by atoms with Gasteiger partial charge in [-0.3, -0.25) is 4.79 Å². The minimum Gasteiger partial charge on any atom is -0.387 e. The van der Waals surface area contributed by atoms with Crippen molar-refractivity contribution in [1.82, 2.24) is 5.32 Å². The number of nitrogens with one attached hydrogen (secondary N) is 1. The van der Waals surface area contributed by atoms with E-state index in [-0.39, 0.29) is 12.5 Å². The standard InChI is InChI=1S/C17H15NO2S/c19-14(12-6-2-1-3-7-12)11-18-17(20)16-10-13-8-4-5-9-15(13)21-16/h1-10,14,19H,11H2,(H,18,20). The Morgan fingerprint density at radius 1 is 1.10 bits per heavy atom. The van der Waals surface area contributed by atoms with E-state index in [9.17, 15) is 9.90 Å². The number of aliphatic hydroxyl groups is 1. The summed E-state index contributed by atoms with van der Waals surface area (Å²) in [6, 6.07) is 19.1. The Hall–Kier alpha value is -2.17. The van der Waals surface area contributed by atoms with Crippen LogP contribution in [0.25, 0.3) is 10.1 Å². The molecular formula is C17H15NO2S. The molecule has 0 saturated carbocycles. The summed E-state index contributed by atoms with van der Waals surface area (Å²) in [4.78, 5) is 12.8. The fraction of sp³-hybridized carbons (Fsp3) is 0.118. The van der Waals surface area contributed by atoms with Gasteiger partial charge in [-0.05, 0) is 23.1 Å². The van der Waals surface area contributed by atoms with E-state index in [1.165, 1.54) is 11.3 Å². The van der Waals surface area contributed by atoms with Crippen LogP contribution in [0.4, 0.5) is 0 Å². The molecule has 3 aromatic rings. The topological polar surface area (TPSA) is 49.3 Å². The second-order valence-corrected chi connectivity index (χ2v) is 5.87. The molecule has 3 rings (SSSR count). The van der Waals surface area contributed by atoms with E-state index >= 15 is 0 Å². The first-order valence-corrected chi connectivity index (χ1v) is 7.55. The van der Waals surface area contributed by atoms with Crippen LogP contribution >= 0.6 is 11.3 Å². The Morgan fingerprint density at radius 2 is 1.81 bits per heavy atom. The maximum Gasteiger partial charge on any atom is 0.261 e. The first-order valence-electron chi connectivity index (χ1n) is 6.74. The highest BCUT2D eigenvalue weighted by Gasteiger charge is 2.12. The van der Waals surface area contributed by atoms with Crippen LogP contribution in [0.5, 0.6) is 0 Å². The summed E-state index contributed by atoms with van der Waals surface area (Å²) >= 11 is 1.46. The molecule has 1 aromatic heterocycles. The molecule has 3 nitrogen and oxygen atoms in total. The molecule has 0 radical (unpaired) electrons. The highest BCUT2D eigenvalue weighted by atomic mass is 32.1. The van der Waals surface area contributed by atoms with Crippen molar-refractivity contribution in [2.45, 2.75) is 6.10 Å². The van der Waals surface area contributed by atoms with Crippen molar-refractivity contribution in [2.75, 3.05) is 6.54 Å². The molecule has 1 heterocycles. The van der Waals surface area contributed by atoms with E-state index in [1.807, 2.05) is 60.7 Å². The lowest BCUT2D eigenvalue weighted by Gasteiger charge is -2.11. The maximum absolute atomic E-state index is 12.1. The molecule has 106 valence electrons. The number of fused-ring (bicyclic) bond motifs is 1. The Labute approximate surface area is 126 Å². The number of aliphatic hydroxyl groups excluding tert-OH is 1.